The Morgan fingerprint density at radius 2 is 2.19 bits per heavy atom. The second kappa shape index (κ2) is 6.48. The van der Waals surface area contributed by atoms with Crippen LogP contribution in [0.2, 0.25) is 0 Å². The van der Waals surface area contributed by atoms with E-state index in [-0.39, 0.29) is 5.82 Å². The van der Waals surface area contributed by atoms with Gasteiger partial charge < -0.3 is 10.1 Å². The largest absolute Gasteiger partial charge is 0.494 e. The molecule has 0 aliphatic rings. The lowest BCUT2D eigenvalue weighted by molar-refractivity contribution is 0.386. The molecule has 1 aromatic carbocycles. The van der Waals surface area contributed by atoms with E-state index in [1.807, 2.05) is 6.07 Å². The summed E-state index contributed by atoms with van der Waals surface area (Å²) in [5.74, 6) is -0.00435. The van der Waals surface area contributed by atoms with Gasteiger partial charge in [0.15, 0.2) is 11.6 Å². The molecule has 1 N–H and O–H groups in total. The molecule has 90 valence electrons. The molecule has 0 aliphatic carbocycles. The number of halogens is 1. The highest BCUT2D eigenvalue weighted by molar-refractivity contribution is 5.29. The summed E-state index contributed by atoms with van der Waals surface area (Å²) >= 11 is 0. The normalized spacial score (nSPS) is 12.5. The van der Waals surface area contributed by atoms with Gasteiger partial charge in [-0.1, -0.05) is 19.4 Å². The van der Waals surface area contributed by atoms with Crippen LogP contribution >= 0.6 is 0 Å². The van der Waals surface area contributed by atoms with Crippen molar-refractivity contribution >= 4 is 0 Å². The average molecular weight is 225 g/mol. The fourth-order valence-electron chi connectivity index (χ4n) is 1.65. The molecule has 0 aromatic heterocycles. The first-order chi connectivity index (χ1) is 7.67. The van der Waals surface area contributed by atoms with Crippen molar-refractivity contribution < 1.29 is 9.13 Å². The highest BCUT2D eigenvalue weighted by atomic mass is 19.1. The second-order valence-corrected chi connectivity index (χ2v) is 4.04. The van der Waals surface area contributed by atoms with Gasteiger partial charge in [-0.2, -0.15) is 0 Å². The molecule has 0 radical (unpaired) electrons. The van der Waals surface area contributed by atoms with E-state index in [9.17, 15) is 4.39 Å². The smallest absolute Gasteiger partial charge is 0.165 e. The quantitative estimate of drug-likeness (QED) is 0.803. The lowest BCUT2D eigenvalue weighted by Gasteiger charge is -2.13. The van der Waals surface area contributed by atoms with E-state index < -0.39 is 0 Å². The molecule has 2 nitrogen and oxygen atoms in total. The fourth-order valence-corrected chi connectivity index (χ4v) is 1.65. The van der Waals surface area contributed by atoms with Gasteiger partial charge >= 0.3 is 0 Å². The van der Waals surface area contributed by atoms with Crippen LogP contribution < -0.4 is 10.1 Å². The molecular formula is C13H20FNO. The molecule has 0 fully saturated rings. The molecule has 0 saturated heterocycles. The molecule has 0 aliphatic heterocycles. The molecular weight excluding hydrogens is 205 g/mol. The van der Waals surface area contributed by atoms with Crippen molar-refractivity contribution in [3.05, 3.63) is 29.6 Å². The SMILES string of the molecule is CCCC(C)NCc1ccc(OC)c(F)c1. The summed E-state index contributed by atoms with van der Waals surface area (Å²) in [6, 6.07) is 5.53. The first-order valence-corrected chi connectivity index (χ1v) is 5.73. The second-order valence-electron chi connectivity index (χ2n) is 4.04. The van der Waals surface area contributed by atoms with Gasteiger partial charge in [-0.25, -0.2) is 4.39 Å². The molecule has 1 unspecified atom stereocenters. The molecule has 1 atom stereocenters. The zero-order chi connectivity index (χ0) is 12.0. The Morgan fingerprint density at radius 3 is 2.75 bits per heavy atom. The van der Waals surface area contributed by atoms with Crippen LogP contribution in [-0.2, 0) is 6.54 Å². The predicted molar refractivity (Wildman–Crippen MR) is 64.2 cm³/mol. The Kier molecular flexibility index (Phi) is 5.26. The fraction of sp³-hybridized carbons (Fsp3) is 0.538. The van der Waals surface area contributed by atoms with Crippen LogP contribution in [-0.4, -0.2) is 13.2 Å². The number of hydrogen-bond acceptors (Lipinski definition) is 2. The summed E-state index contributed by atoms with van der Waals surface area (Å²) in [7, 11) is 1.47. The summed E-state index contributed by atoms with van der Waals surface area (Å²) in [4.78, 5) is 0. The molecule has 0 bridgehead atoms. The van der Waals surface area contributed by atoms with Gasteiger partial charge in [0, 0.05) is 12.6 Å². The standard InChI is InChI=1S/C13H20FNO/c1-4-5-10(2)15-9-11-6-7-13(16-3)12(14)8-11/h6-8,10,15H,4-5,9H2,1-3H3. The maximum absolute atomic E-state index is 13.4. The lowest BCUT2D eigenvalue weighted by atomic mass is 10.1. The topological polar surface area (TPSA) is 21.3 Å². The molecule has 3 heteroatoms. The Labute approximate surface area is 96.8 Å². The summed E-state index contributed by atoms with van der Waals surface area (Å²) in [6.07, 6.45) is 2.30. The van der Waals surface area contributed by atoms with Crippen LogP contribution in [0, 0.1) is 5.82 Å². The Morgan fingerprint density at radius 1 is 1.44 bits per heavy atom. The average Bonchev–Trinajstić information content (AvgIpc) is 2.27. The first kappa shape index (κ1) is 13.0. The van der Waals surface area contributed by atoms with Crippen molar-refractivity contribution in [2.75, 3.05) is 7.11 Å². The van der Waals surface area contributed by atoms with Crippen molar-refractivity contribution in [2.24, 2.45) is 0 Å². The summed E-state index contributed by atoms with van der Waals surface area (Å²) < 4.78 is 18.2. The van der Waals surface area contributed by atoms with E-state index in [1.54, 1.807) is 6.07 Å². The van der Waals surface area contributed by atoms with Crippen molar-refractivity contribution in [1.82, 2.24) is 5.32 Å². The van der Waals surface area contributed by atoms with Gasteiger partial charge in [0.2, 0.25) is 0 Å². The van der Waals surface area contributed by atoms with Gasteiger partial charge in [0.05, 0.1) is 7.11 Å². The first-order valence-electron chi connectivity index (χ1n) is 5.73. The van der Waals surface area contributed by atoms with E-state index in [0.717, 1.165) is 18.4 Å². The minimum atomic E-state index is -0.301. The van der Waals surface area contributed by atoms with Gasteiger partial charge in [0.25, 0.3) is 0 Å². The maximum atomic E-state index is 13.4. The molecule has 0 amide bonds. The van der Waals surface area contributed by atoms with E-state index >= 15 is 0 Å². The van der Waals surface area contributed by atoms with Crippen molar-refractivity contribution in [3.63, 3.8) is 0 Å². The van der Waals surface area contributed by atoms with Crippen molar-refractivity contribution in [3.8, 4) is 5.75 Å². The number of benzene rings is 1. The monoisotopic (exact) mass is 225 g/mol. The third kappa shape index (κ3) is 3.81. The van der Waals surface area contributed by atoms with E-state index in [4.69, 9.17) is 4.74 Å². The summed E-state index contributed by atoms with van der Waals surface area (Å²) in [5.41, 5.74) is 0.946. The Balaban J connectivity index is 2.51. The third-order valence-electron chi connectivity index (χ3n) is 2.59. The molecule has 0 saturated carbocycles. The number of ether oxygens (including phenoxy) is 1. The number of nitrogens with one attached hydrogen (secondary N) is 1. The van der Waals surface area contributed by atoms with Gasteiger partial charge in [-0.05, 0) is 31.0 Å². The van der Waals surface area contributed by atoms with E-state index in [0.29, 0.717) is 18.3 Å². The molecule has 1 rings (SSSR count). The van der Waals surface area contributed by atoms with Crippen molar-refractivity contribution in [2.45, 2.75) is 39.3 Å². The predicted octanol–water partition coefficient (Wildman–Crippen LogP) is 3.11. The minimum absolute atomic E-state index is 0.297. The number of methoxy groups -OCH3 is 1. The third-order valence-corrected chi connectivity index (χ3v) is 2.59. The van der Waals surface area contributed by atoms with Crippen LogP contribution in [0.1, 0.15) is 32.3 Å². The summed E-state index contributed by atoms with van der Waals surface area (Å²) in [6.45, 7) is 5.00. The molecule has 0 spiro atoms. The number of hydrogen-bond donors (Lipinski definition) is 1. The Hall–Kier alpha value is -1.09. The van der Waals surface area contributed by atoms with E-state index in [2.05, 4.69) is 19.2 Å². The zero-order valence-electron chi connectivity index (χ0n) is 10.2. The van der Waals surface area contributed by atoms with Crippen molar-refractivity contribution in [1.29, 1.82) is 0 Å². The van der Waals surface area contributed by atoms with E-state index in [1.165, 1.54) is 13.2 Å². The minimum Gasteiger partial charge on any atom is -0.494 e. The van der Waals surface area contributed by atoms with Crippen LogP contribution in [0.25, 0.3) is 0 Å². The molecule has 16 heavy (non-hydrogen) atoms. The lowest BCUT2D eigenvalue weighted by Crippen LogP contribution is -2.25. The van der Waals surface area contributed by atoms with Gasteiger partial charge in [-0.3, -0.25) is 0 Å². The Bertz CT molecular complexity index is 328. The van der Waals surface area contributed by atoms with Crippen LogP contribution in [0.15, 0.2) is 18.2 Å². The maximum Gasteiger partial charge on any atom is 0.165 e. The van der Waals surface area contributed by atoms with Crippen LogP contribution in [0.4, 0.5) is 4.39 Å². The summed E-state index contributed by atoms with van der Waals surface area (Å²) in [5, 5.41) is 3.36. The zero-order valence-corrected chi connectivity index (χ0v) is 10.2. The molecule has 0 heterocycles. The van der Waals surface area contributed by atoms with Gasteiger partial charge in [0.1, 0.15) is 0 Å². The van der Waals surface area contributed by atoms with Crippen LogP contribution in [0.3, 0.4) is 0 Å². The highest BCUT2D eigenvalue weighted by Gasteiger charge is 2.04. The highest BCUT2D eigenvalue weighted by Crippen LogP contribution is 2.17. The van der Waals surface area contributed by atoms with Crippen LogP contribution in [0.5, 0.6) is 5.75 Å². The number of rotatable bonds is 6. The van der Waals surface area contributed by atoms with Gasteiger partial charge in [-0.15, -0.1) is 0 Å². The molecule has 1 aromatic rings.